The maximum Gasteiger partial charge on any atom is 0.246 e. The Bertz CT molecular complexity index is 1030. The number of hydrogen-bond acceptors (Lipinski definition) is 4. The Kier molecular flexibility index (Phi) is 5.28. The number of amides is 1. The van der Waals surface area contributed by atoms with E-state index >= 15 is 4.39 Å². The van der Waals surface area contributed by atoms with E-state index in [2.05, 4.69) is 16.5 Å². The number of methoxy groups -OCH3 is 1. The van der Waals surface area contributed by atoms with Crippen LogP contribution in [-0.4, -0.2) is 60.9 Å². The van der Waals surface area contributed by atoms with Gasteiger partial charge in [-0.25, -0.2) is 8.78 Å². The number of benzene rings is 2. The lowest BCUT2D eigenvalue weighted by molar-refractivity contribution is -0.127. The average Bonchev–Trinajstić information content (AvgIpc) is 3.16. The highest BCUT2D eigenvalue weighted by Gasteiger charge is 2.35. The lowest BCUT2D eigenvalue weighted by atomic mass is 9.95. The summed E-state index contributed by atoms with van der Waals surface area (Å²) in [6.07, 6.45) is 1.32. The summed E-state index contributed by atoms with van der Waals surface area (Å²) in [6, 6.07) is 7.72. The maximum atomic E-state index is 15.2. The van der Waals surface area contributed by atoms with E-state index in [9.17, 15) is 9.18 Å². The first kappa shape index (κ1) is 20.1. The highest BCUT2D eigenvalue weighted by Crippen LogP contribution is 2.37. The lowest BCUT2D eigenvalue weighted by Gasteiger charge is -2.38. The molecule has 0 radical (unpaired) electrons. The molecule has 0 aliphatic carbocycles. The van der Waals surface area contributed by atoms with Crippen LogP contribution in [-0.2, 0) is 4.79 Å². The summed E-state index contributed by atoms with van der Waals surface area (Å²) in [7, 11) is 1.43. The molecule has 2 heterocycles. The molecular weight excluding hydrogens is 388 g/mol. The fraction of sp³-hybridized carbons (Fsp3) is 0.304. The van der Waals surface area contributed by atoms with Gasteiger partial charge < -0.3 is 14.5 Å². The number of piperazine rings is 1. The van der Waals surface area contributed by atoms with Crippen LogP contribution in [0.15, 0.2) is 48.0 Å². The van der Waals surface area contributed by atoms with E-state index in [0.29, 0.717) is 43.1 Å². The third kappa shape index (κ3) is 3.34. The molecule has 0 saturated carbocycles. The zero-order chi connectivity index (χ0) is 21.4. The molecule has 30 heavy (non-hydrogen) atoms. The summed E-state index contributed by atoms with van der Waals surface area (Å²) in [4.78, 5) is 20.4. The van der Waals surface area contributed by atoms with Crippen LogP contribution < -0.4 is 4.74 Å². The van der Waals surface area contributed by atoms with Crippen molar-refractivity contribution in [2.45, 2.75) is 13.0 Å². The van der Waals surface area contributed by atoms with Gasteiger partial charge >= 0.3 is 0 Å². The van der Waals surface area contributed by atoms with E-state index in [4.69, 9.17) is 4.74 Å². The number of carbonyl (C=O) groups excluding carboxylic acids is 1. The highest BCUT2D eigenvalue weighted by atomic mass is 19.1. The number of aryl methyl sites for hydroxylation is 1. The number of aliphatic imine (C=N–C) groups is 1. The molecular formula is C23H23F2N3O2. The molecule has 4 rings (SSSR count). The minimum Gasteiger partial charge on any atom is -0.496 e. The topological polar surface area (TPSA) is 45.1 Å². The number of ether oxygens (including phenoxy) is 1. The first-order valence-corrected chi connectivity index (χ1v) is 9.80. The zero-order valence-electron chi connectivity index (χ0n) is 17.0. The maximum absolute atomic E-state index is 15.2. The first-order chi connectivity index (χ1) is 14.4. The molecule has 2 aliphatic heterocycles. The Balaban J connectivity index is 1.66. The molecule has 7 heteroatoms. The van der Waals surface area contributed by atoms with Crippen LogP contribution in [0.1, 0.15) is 11.1 Å². The summed E-state index contributed by atoms with van der Waals surface area (Å²) >= 11 is 0. The molecule has 2 aliphatic rings. The van der Waals surface area contributed by atoms with Gasteiger partial charge in [0.1, 0.15) is 23.2 Å². The van der Waals surface area contributed by atoms with Crippen LogP contribution >= 0.6 is 0 Å². The summed E-state index contributed by atoms with van der Waals surface area (Å²) in [6.45, 7) is 7.58. The molecule has 0 aromatic heterocycles. The van der Waals surface area contributed by atoms with E-state index in [1.807, 2.05) is 6.07 Å². The largest absolute Gasteiger partial charge is 0.496 e. The van der Waals surface area contributed by atoms with Crippen LogP contribution in [0.2, 0.25) is 0 Å². The summed E-state index contributed by atoms with van der Waals surface area (Å²) in [5.41, 5.74) is 1.55. The van der Waals surface area contributed by atoms with E-state index < -0.39 is 11.6 Å². The second-order valence-electron chi connectivity index (χ2n) is 7.47. The zero-order valence-corrected chi connectivity index (χ0v) is 17.0. The van der Waals surface area contributed by atoms with Crippen LogP contribution in [0.3, 0.4) is 0 Å². The monoisotopic (exact) mass is 411 g/mol. The molecule has 156 valence electrons. The number of hydrogen-bond donors (Lipinski definition) is 0. The highest BCUT2D eigenvalue weighted by molar-refractivity contribution is 6.01. The van der Waals surface area contributed by atoms with Crippen molar-refractivity contribution in [3.05, 3.63) is 65.7 Å². The SMILES string of the molecule is C=CC(=O)N1CCN2C(c3cc(C)c(-c4c(F)cccc4OC)c(F)c3)=NCC2C1. The second kappa shape index (κ2) is 7.89. The van der Waals surface area contributed by atoms with Gasteiger partial charge in [-0.15, -0.1) is 0 Å². The van der Waals surface area contributed by atoms with Crippen molar-refractivity contribution >= 4 is 11.7 Å². The molecule has 1 fully saturated rings. The average molecular weight is 411 g/mol. The van der Waals surface area contributed by atoms with Gasteiger partial charge in [-0.05, 0) is 42.8 Å². The van der Waals surface area contributed by atoms with E-state index in [-0.39, 0.29) is 28.8 Å². The lowest BCUT2D eigenvalue weighted by Crippen LogP contribution is -2.54. The van der Waals surface area contributed by atoms with Crippen molar-refractivity contribution in [3.63, 3.8) is 0 Å². The fourth-order valence-electron chi connectivity index (χ4n) is 4.27. The molecule has 1 saturated heterocycles. The van der Waals surface area contributed by atoms with Crippen molar-refractivity contribution < 1.29 is 18.3 Å². The van der Waals surface area contributed by atoms with Crippen LogP contribution in [0.25, 0.3) is 11.1 Å². The van der Waals surface area contributed by atoms with Gasteiger partial charge in [-0.3, -0.25) is 9.79 Å². The molecule has 0 spiro atoms. The number of fused-ring (bicyclic) bond motifs is 1. The predicted octanol–water partition coefficient (Wildman–Crippen LogP) is 3.41. The number of rotatable bonds is 4. The standard InChI is InChI=1S/C23H23F2N3O2/c1-4-20(29)27-8-9-28-16(13-27)12-26-23(28)15-10-14(2)21(18(25)11-15)22-17(24)6-5-7-19(22)30-3/h4-7,10-11,16H,1,8-9,12-13H2,2-3H3. The van der Waals surface area contributed by atoms with Gasteiger partial charge in [0, 0.05) is 30.8 Å². The van der Waals surface area contributed by atoms with Gasteiger partial charge in [0.2, 0.25) is 5.91 Å². The quantitative estimate of drug-likeness (QED) is 0.725. The fourth-order valence-corrected chi connectivity index (χ4v) is 4.27. The normalized spacial score (nSPS) is 18.1. The Labute approximate surface area is 174 Å². The van der Waals surface area contributed by atoms with Gasteiger partial charge in [-0.1, -0.05) is 12.6 Å². The van der Waals surface area contributed by atoms with Gasteiger partial charge in [0.25, 0.3) is 0 Å². The predicted molar refractivity (Wildman–Crippen MR) is 112 cm³/mol. The Morgan fingerprint density at radius 1 is 1.23 bits per heavy atom. The minimum absolute atomic E-state index is 0.0624. The number of nitrogens with zero attached hydrogens (tertiary/aromatic N) is 3. The molecule has 1 atom stereocenters. The molecule has 0 bridgehead atoms. The van der Waals surface area contributed by atoms with Gasteiger partial charge in [0.05, 0.1) is 25.3 Å². The first-order valence-electron chi connectivity index (χ1n) is 9.80. The minimum atomic E-state index is -0.537. The van der Waals surface area contributed by atoms with Crippen molar-refractivity contribution in [1.29, 1.82) is 0 Å². The number of halogens is 2. The smallest absolute Gasteiger partial charge is 0.246 e. The third-order valence-corrected chi connectivity index (χ3v) is 5.68. The van der Waals surface area contributed by atoms with Crippen LogP contribution in [0.4, 0.5) is 8.78 Å². The summed E-state index contributed by atoms with van der Waals surface area (Å²) < 4.78 is 35.0. The van der Waals surface area contributed by atoms with Crippen LogP contribution in [0.5, 0.6) is 5.75 Å². The Morgan fingerprint density at radius 3 is 2.73 bits per heavy atom. The third-order valence-electron chi connectivity index (χ3n) is 5.68. The molecule has 1 unspecified atom stereocenters. The molecule has 2 aromatic rings. The molecule has 2 aromatic carbocycles. The summed E-state index contributed by atoms with van der Waals surface area (Å²) in [5.74, 6) is -0.163. The van der Waals surface area contributed by atoms with Gasteiger partial charge in [-0.2, -0.15) is 0 Å². The van der Waals surface area contributed by atoms with Crippen molar-refractivity contribution in [3.8, 4) is 16.9 Å². The molecule has 0 N–H and O–H groups in total. The number of carbonyl (C=O) groups is 1. The van der Waals surface area contributed by atoms with E-state index in [1.54, 1.807) is 17.9 Å². The van der Waals surface area contributed by atoms with E-state index in [1.165, 1.54) is 31.4 Å². The second-order valence-corrected chi connectivity index (χ2v) is 7.47. The van der Waals surface area contributed by atoms with Crippen LogP contribution in [0, 0.1) is 18.6 Å². The van der Waals surface area contributed by atoms with Crippen molar-refractivity contribution in [2.24, 2.45) is 4.99 Å². The molecule has 1 amide bonds. The van der Waals surface area contributed by atoms with Crippen molar-refractivity contribution in [2.75, 3.05) is 33.3 Å². The Morgan fingerprint density at radius 2 is 2.03 bits per heavy atom. The molecule has 5 nitrogen and oxygen atoms in total. The number of amidine groups is 1. The van der Waals surface area contributed by atoms with E-state index in [0.717, 1.165) is 0 Å². The Hall–Kier alpha value is -3.22. The van der Waals surface area contributed by atoms with Crippen molar-refractivity contribution in [1.82, 2.24) is 9.80 Å². The summed E-state index contributed by atoms with van der Waals surface area (Å²) in [5, 5.41) is 0. The van der Waals surface area contributed by atoms with Gasteiger partial charge in [0.15, 0.2) is 0 Å².